The number of hydrogen-bond acceptors (Lipinski definition) is 5. The van der Waals surface area contributed by atoms with Crippen molar-refractivity contribution in [2.24, 2.45) is 5.92 Å². The highest BCUT2D eigenvalue weighted by Crippen LogP contribution is 2.61. The number of para-hydroxylation sites is 1. The molecule has 2 saturated heterocycles. The standard InChI is InChI=1S/C32H36N2O5Si/c1-21-30(40(3,4)25-13-11-24(38-2)12-14-25)28(17-19-35)39-32(21)26-20-23(33-18-16-29(33)36)10-15-27(26)34(31(32)37)22-8-6-5-7-9-22/h5-15,20-21,28,30,35H,16-19H2,1-4H3/t21-,28+,30-,32+/m0/s1. The Morgan fingerprint density at radius 2 is 1.75 bits per heavy atom. The number of anilines is 3. The lowest BCUT2D eigenvalue weighted by atomic mass is 9.82. The fourth-order valence-electron chi connectivity index (χ4n) is 7.21. The third kappa shape index (κ3) is 3.84. The predicted octanol–water partition coefficient (Wildman–Crippen LogP) is 4.71. The highest BCUT2D eigenvalue weighted by atomic mass is 28.3. The second-order valence-electron chi connectivity index (χ2n) is 11.6. The molecule has 1 spiro atoms. The van der Waals surface area contributed by atoms with Gasteiger partial charge in [0.25, 0.3) is 5.91 Å². The van der Waals surface area contributed by atoms with Crippen molar-refractivity contribution in [3.05, 3.63) is 78.4 Å². The van der Waals surface area contributed by atoms with Crippen LogP contribution in [-0.4, -0.2) is 51.4 Å². The molecular formula is C32H36N2O5Si. The van der Waals surface area contributed by atoms with Crippen LogP contribution in [0.3, 0.4) is 0 Å². The molecule has 2 fully saturated rings. The van der Waals surface area contributed by atoms with Crippen LogP contribution in [0.1, 0.15) is 25.3 Å². The molecular weight excluding hydrogens is 520 g/mol. The minimum absolute atomic E-state index is 0.0250. The van der Waals surface area contributed by atoms with E-state index in [4.69, 9.17) is 9.47 Å². The van der Waals surface area contributed by atoms with Gasteiger partial charge in [-0.2, -0.15) is 0 Å². The van der Waals surface area contributed by atoms with Crippen LogP contribution in [0.2, 0.25) is 18.6 Å². The Labute approximate surface area is 236 Å². The van der Waals surface area contributed by atoms with Crippen LogP contribution < -0.4 is 19.7 Å². The first-order valence-corrected chi connectivity index (χ1v) is 17.1. The number of aliphatic hydroxyl groups excluding tert-OH is 1. The molecule has 8 heteroatoms. The van der Waals surface area contributed by atoms with E-state index in [0.29, 0.717) is 19.4 Å². The number of nitrogens with zero attached hydrogens (tertiary/aromatic N) is 2. The Morgan fingerprint density at radius 1 is 1.02 bits per heavy atom. The normalized spacial score (nSPS) is 25.9. The molecule has 4 atom stereocenters. The van der Waals surface area contributed by atoms with Crippen molar-refractivity contribution in [1.29, 1.82) is 0 Å². The molecule has 0 radical (unpaired) electrons. The first-order valence-electron chi connectivity index (χ1n) is 14.0. The van der Waals surface area contributed by atoms with E-state index in [9.17, 15) is 14.7 Å². The maximum absolute atomic E-state index is 14.7. The summed E-state index contributed by atoms with van der Waals surface area (Å²) in [4.78, 5) is 30.6. The largest absolute Gasteiger partial charge is 0.497 e. The summed E-state index contributed by atoms with van der Waals surface area (Å²) in [5.74, 6) is 0.607. The quantitative estimate of drug-likeness (QED) is 0.337. The molecule has 3 aliphatic heterocycles. The molecule has 3 aromatic carbocycles. The number of benzene rings is 3. The maximum atomic E-state index is 14.7. The molecule has 3 heterocycles. The number of carbonyl (C=O) groups is 2. The van der Waals surface area contributed by atoms with Gasteiger partial charge in [-0.1, -0.05) is 55.5 Å². The second kappa shape index (κ2) is 9.87. The summed E-state index contributed by atoms with van der Waals surface area (Å²) in [7, 11) is -0.598. The maximum Gasteiger partial charge on any atom is 0.268 e. The van der Waals surface area contributed by atoms with E-state index in [0.717, 1.165) is 28.4 Å². The van der Waals surface area contributed by atoms with Gasteiger partial charge in [0.2, 0.25) is 5.91 Å². The smallest absolute Gasteiger partial charge is 0.268 e. The van der Waals surface area contributed by atoms with E-state index in [1.165, 1.54) is 5.19 Å². The first-order chi connectivity index (χ1) is 19.2. The van der Waals surface area contributed by atoms with Crippen LogP contribution in [0.4, 0.5) is 17.1 Å². The molecule has 0 unspecified atom stereocenters. The van der Waals surface area contributed by atoms with E-state index < -0.39 is 13.7 Å². The average Bonchev–Trinajstić information content (AvgIpc) is 3.39. The second-order valence-corrected chi connectivity index (χ2v) is 16.3. The molecule has 6 rings (SSSR count). The van der Waals surface area contributed by atoms with Gasteiger partial charge in [-0.05, 0) is 54.4 Å². The van der Waals surface area contributed by atoms with E-state index in [2.05, 4.69) is 32.2 Å². The number of methoxy groups -OCH3 is 1. The molecule has 0 aromatic heterocycles. The number of amides is 2. The molecule has 40 heavy (non-hydrogen) atoms. The van der Waals surface area contributed by atoms with Crippen LogP contribution in [-0.2, 0) is 19.9 Å². The monoisotopic (exact) mass is 556 g/mol. The number of rotatable bonds is 7. The number of aliphatic hydroxyl groups is 1. The van der Waals surface area contributed by atoms with E-state index >= 15 is 0 Å². The molecule has 3 aromatic rings. The fourth-order valence-corrected chi connectivity index (χ4v) is 11.3. The first kappa shape index (κ1) is 26.7. The van der Waals surface area contributed by atoms with Crippen molar-refractivity contribution in [3.8, 4) is 5.75 Å². The zero-order valence-electron chi connectivity index (χ0n) is 23.5. The molecule has 7 nitrogen and oxygen atoms in total. The van der Waals surface area contributed by atoms with Crippen LogP contribution in [0.15, 0.2) is 72.8 Å². The summed E-state index contributed by atoms with van der Waals surface area (Å²) in [5.41, 5.74) is 1.98. The summed E-state index contributed by atoms with van der Waals surface area (Å²) in [5, 5.41) is 11.4. The van der Waals surface area contributed by atoms with Crippen LogP contribution in [0.25, 0.3) is 0 Å². The minimum Gasteiger partial charge on any atom is -0.497 e. The highest BCUT2D eigenvalue weighted by molar-refractivity contribution is 6.91. The van der Waals surface area contributed by atoms with Gasteiger partial charge in [-0.15, -0.1) is 0 Å². The Kier molecular flexibility index (Phi) is 6.60. The molecule has 1 N–H and O–H groups in total. The van der Waals surface area contributed by atoms with Crippen molar-refractivity contribution in [1.82, 2.24) is 0 Å². The number of carbonyl (C=O) groups excluding carboxylic acids is 2. The highest BCUT2D eigenvalue weighted by Gasteiger charge is 2.66. The summed E-state index contributed by atoms with van der Waals surface area (Å²) >= 11 is 0. The van der Waals surface area contributed by atoms with Crippen LogP contribution in [0, 0.1) is 5.92 Å². The van der Waals surface area contributed by atoms with Gasteiger partial charge >= 0.3 is 0 Å². The SMILES string of the molecule is COc1ccc([Si](C)(C)[C@@H]2[C@@H](CCO)O[C@]3(C(=O)N(c4ccccc4)c4ccc(N5CCC5=O)cc43)[C@H]2C)cc1. The van der Waals surface area contributed by atoms with Gasteiger partial charge in [0.1, 0.15) is 5.75 Å². The topological polar surface area (TPSA) is 79.3 Å². The van der Waals surface area contributed by atoms with Crippen molar-refractivity contribution in [3.63, 3.8) is 0 Å². The summed E-state index contributed by atoms with van der Waals surface area (Å²) in [6.07, 6.45) is 0.680. The van der Waals surface area contributed by atoms with Crippen LogP contribution >= 0.6 is 0 Å². The minimum atomic E-state index is -2.26. The summed E-state index contributed by atoms with van der Waals surface area (Å²) in [6, 6.07) is 23.8. The third-order valence-electron chi connectivity index (χ3n) is 9.32. The lowest BCUT2D eigenvalue weighted by molar-refractivity contribution is -0.145. The third-order valence-corrected chi connectivity index (χ3v) is 13.7. The Bertz CT molecular complexity index is 1440. The lowest BCUT2D eigenvalue weighted by Gasteiger charge is -2.37. The Balaban J connectivity index is 1.51. The number of ether oxygens (including phenoxy) is 2. The molecule has 0 saturated carbocycles. The van der Waals surface area contributed by atoms with Crippen molar-refractivity contribution in [2.45, 2.75) is 50.1 Å². The molecule has 2 amide bonds. The lowest BCUT2D eigenvalue weighted by Crippen LogP contribution is -2.51. The molecule has 0 aliphatic carbocycles. The van der Waals surface area contributed by atoms with Crippen molar-refractivity contribution >= 4 is 42.1 Å². The molecule has 3 aliphatic rings. The van der Waals surface area contributed by atoms with Crippen LogP contribution in [0.5, 0.6) is 5.75 Å². The molecule has 0 bridgehead atoms. The summed E-state index contributed by atoms with van der Waals surface area (Å²) < 4.78 is 12.4. The number of fused-ring (bicyclic) bond motifs is 2. The zero-order valence-corrected chi connectivity index (χ0v) is 24.5. The van der Waals surface area contributed by atoms with Gasteiger partial charge < -0.3 is 19.5 Å². The number of β-lactam (4-membered cyclic amide) rings is 1. The van der Waals surface area contributed by atoms with Crippen molar-refractivity contribution in [2.75, 3.05) is 30.1 Å². The van der Waals surface area contributed by atoms with Gasteiger partial charge in [-0.3, -0.25) is 14.5 Å². The van der Waals surface area contributed by atoms with Crippen molar-refractivity contribution < 1.29 is 24.2 Å². The summed E-state index contributed by atoms with van der Waals surface area (Å²) in [6.45, 7) is 7.44. The Morgan fingerprint density at radius 3 is 2.35 bits per heavy atom. The van der Waals surface area contributed by atoms with Gasteiger partial charge in [-0.25, -0.2) is 0 Å². The average molecular weight is 557 g/mol. The van der Waals surface area contributed by atoms with E-state index in [1.807, 2.05) is 60.7 Å². The van der Waals surface area contributed by atoms with Gasteiger partial charge in [0.05, 0.1) is 27.0 Å². The zero-order chi connectivity index (χ0) is 28.2. The fraction of sp³-hybridized carbons (Fsp3) is 0.375. The van der Waals surface area contributed by atoms with E-state index in [1.54, 1.807) is 16.9 Å². The Hall–Kier alpha value is -3.46. The predicted molar refractivity (Wildman–Crippen MR) is 158 cm³/mol. The van der Waals surface area contributed by atoms with E-state index in [-0.39, 0.29) is 36.0 Å². The number of hydrogen-bond donors (Lipinski definition) is 1. The van der Waals surface area contributed by atoms with Gasteiger partial charge in [0.15, 0.2) is 5.60 Å². The van der Waals surface area contributed by atoms with Gasteiger partial charge in [0, 0.05) is 42.4 Å². The molecule has 208 valence electrons.